The van der Waals surface area contributed by atoms with Crippen LogP contribution in [-0.4, -0.2) is 25.1 Å². The van der Waals surface area contributed by atoms with E-state index in [0.29, 0.717) is 16.9 Å². The second kappa shape index (κ2) is 10.8. The van der Waals surface area contributed by atoms with E-state index in [1.807, 2.05) is 31.2 Å². The summed E-state index contributed by atoms with van der Waals surface area (Å²) in [7, 11) is 0. The van der Waals surface area contributed by atoms with E-state index in [1.165, 1.54) is 0 Å². The number of allylic oxidation sites excluding steroid dienone is 1. The summed E-state index contributed by atoms with van der Waals surface area (Å²) in [6, 6.07) is 13.4. The molecule has 0 aliphatic carbocycles. The third-order valence-electron chi connectivity index (χ3n) is 4.00. The minimum absolute atomic E-state index is 0.103. The lowest BCUT2D eigenvalue weighted by atomic mass is 10.1. The molecule has 0 aromatic heterocycles. The number of halogens is 4. The third kappa shape index (κ3) is 8.48. The van der Waals surface area contributed by atoms with Crippen molar-refractivity contribution in [1.29, 1.82) is 0 Å². The number of ether oxygens (including phenoxy) is 2. The minimum Gasteiger partial charge on any atom is -0.423 e. The molecule has 1 unspecified atom stereocenters. The van der Waals surface area contributed by atoms with Gasteiger partial charge < -0.3 is 4.74 Å². The Morgan fingerprint density at radius 3 is 2.31 bits per heavy atom. The van der Waals surface area contributed by atoms with Crippen LogP contribution in [0.4, 0.5) is 17.6 Å². The van der Waals surface area contributed by atoms with Crippen molar-refractivity contribution in [3.05, 3.63) is 71.3 Å². The summed E-state index contributed by atoms with van der Waals surface area (Å²) in [6.07, 6.45) is -1.51. The maximum Gasteiger partial charge on any atom is 0.522 e. The summed E-state index contributed by atoms with van der Waals surface area (Å²) in [5.74, 6) is -0.178. The smallest absolute Gasteiger partial charge is 0.423 e. The van der Waals surface area contributed by atoms with Crippen molar-refractivity contribution >= 4 is 12.0 Å². The van der Waals surface area contributed by atoms with E-state index in [1.54, 1.807) is 36.4 Å². The van der Waals surface area contributed by atoms with Crippen LogP contribution in [0.2, 0.25) is 0 Å². The molecule has 1 atom stereocenters. The summed E-state index contributed by atoms with van der Waals surface area (Å²) < 4.78 is 57.9. The first kappa shape index (κ1) is 22.6. The summed E-state index contributed by atoms with van der Waals surface area (Å²) in [5, 5.41) is 0. The molecule has 2 rings (SSSR count). The first-order valence-electron chi connectivity index (χ1n) is 9.19. The second-order valence-electron chi connectivity index (χ2n) is 6.36. The number of benzene rings is 2. The molecule has 0 bridgehead atoms. The highest BCUT2D eigenvalue weighted by Gasteiger charge is 2.30. The van der Waals surface area contributed by atoms with Crippen molar-refractivity contribution in [2.24, 2.45) is 0 Å². The quantitative estimate of drug-likeness (QED) is 0.283. The van der Waals surface area contributed by atoms with Gasteiger partial charge >= 0.3 is 12.3 Å². The Bertz CT molecular complexity index is 796. The molecule has 0 saturated heterocycles. The molecule has 0 heterocycles. The highest BCUT2D eigenvalue weighted by Crippen LogP contribution is 2.19. The van der Waals surface area contributed by atoms with Crippen molar-refractivity contribution in [2.75, 3.05) is 6.61 Å². The summed E-state index contributed by atoms with van der Waals surface area (Å²) >= 11 is 0. The molecule has 3 nitrogen and oxygen atoms in total. The van der Waals surface area contributed by atoms with Crippen LogP contribution in [0.5, 0.6) is 5.75 Å². The van der Waals surface area contributed by atoms with E-state index in [-0.39, 0.29) is 12.8 Å². The molecule has 0 spiro atoms. The van der Waals surface area contributed by atoms with E-state index in [9.17, 15) is 22.4 Å². The molecule has 0 aliphatic heterocycles. The molecule has 2 aromatic rings. The van der Waals surface area contributed by atoms with Crippen LogP contribution in [0.25, 0.3) is 6.08 Å². The normalized spacial score (nSPS) is 12.9. The van der Waals surface area contributed by atoms with Gasteiger partial charge in [0.1, 0.15) is 11.9 Å². The Balaban J connectivity index is 1.83. The Hall–Kier alpha value is -2.67. The molecule has 29 heavy (non-hydrogen) atoms. The van der Waals surface area contributed by atoms with Gasteiger partial charge in [-0.25, -0.2) is 9.18 Å². The zero-order valence-electron chi connectivity index (χ0n) is 15.9. The Morgan fingerprint density at radius 1 is 1.07 bits per heavy atom. The van der Waals surface area contributed by atoms with Crippen molar-refractivity contribution in [3.8, 4) is 5.75 Å². The lowest BCUT2D eigenvalue weighted by molar-refractivity contribution is -0.328. The third-order valence-corrected chi connectivity index (χ3v) is 4.00. The van der Waals surface area contributed by atoms with Gasteiger partial charge in [-0.05, 0) is 54.7 Å². The first-order chi connectivity index (χ1) is 13.8. The van der Waals surface area contributed by atoms with Gasteiger partial charge in [0.05, 0.1) is 12.2 Å². The lowest BCUT2D eigenvalue weighted by Gasteiger charge is -2.11. The Labute approximate surface area is 166 Å². The molecule has 156 valence electrons. The van der Waals surface area contributed by atoms with Gasteiger partial charge in [0.2, 0.25) is 0 Å². The number of aryl methyl sites for hydroxylation is 1. The van der Waals surface area contributed by atoms with Crippen molar-refractivity contribution in [2.45, 2.75) is 38.7 Å². The molecule has 0 radical (unpaired) electrons. The molecular weight excluding hydrogens is 388 g/mol. The van der Waals surface area contributed by atoms with E-state index in [2.05, 4.69) is 4.74 Å². The first-order valence-corrected chi connectivity index (χ1v) is 9.19. The maximum atomic E-state index is 13.5. The molecule has 7 heteroatoms. The van der Waals surface area contributed by atoms with E-state index in [4.69, 9.17) is 4.74 Å². The fraction of sp³-hybridized carbons (Fsp3) is 0.318. The molecule has 0 N–H and O–H groups in total. The van der Waals surface area contributed by atoms with Crippen LogP contribution in [-0.2, 0) is 11.2 Å². The zero-order valence-corrected chi connectivity index (χ0v) is 15.9. The number of hydrogen-bond acceptors (Lipinski definition) is 3. The largest absolute Gasteiger partial charge is 0.522 e. The Morgan fingerprint density at radius 2 is 1.72 bits per heavy atom. The van der Waals surface area contributed by atoms with Gasteiger partial charge in [0, 0.05) is 0 Å². The topological polar surface area (TPSA) is 35.5 Å². The van der Waals surface area contributed by atoms with E-state index < -0.39 is 25.1 Å². The fourth-order valence-electron chi connectivity index (χ4n) is 2.47. The SMILES string of the molecule is CC/C=C/c1ccc(C(=O)Oc2ccc(CCC(F)COC(F)(F)F)cc2)cc1. The highest BCUT2D eigenvalue weighted by atomic mass is 19.4. The molecule has 0 saturated carbocycles. The van der Waals surface area contributed by atoms with Crippen molar-refractivity contribution < 1.29 is 31.8 Å². The van der Waals surface area contributed by atoms with Crippen LogP contribution in [0.15, 0.2) is 54.6 Å². The van der Waals surface area contributed by atoms with Crippen LogP contribution in [0, 0.1) is 0 Å². The standard InChI is InChI=1S/C22H22F4O3/c1-2-3-4-16-5-10-18(11-6-16)21(27)29-20-13-8-17(9-14-20)7-12-19(23)15-28-22(24,25)26/h3-6,8-11,13-14,19H,2,7,12,15H2,1H3/b4-3+. The zero-order chi connectivity index (χ0) is 21.3. The average Bonchev–Trinajstić information content (AvgIpc) is 2.70. The predicted molar refractivity (Wildman–Crippen MR) is 102 cm³/mol. The predicted octanol–water partition coefficient (Wildman–Crippen LogP) is 6.14. The van der Waals surface area contributed by atoms with Gasteiger partial charge in [-0.1, -0.05) is 43.3 Å². The van der Waals surface area contributed by atoms with E-state index >= 15 is 0 Å². The summed E-state index contributed by atoms with van der Waals surface area (Å²) in [5.41, 5.74) is 2.11. The van der Waals surface area contributed by atoms with Crippen LogP contribution in [0.3, 0.4) is 0 Å². The number of hydrogen-bond donors (Lipinski definition) is 0. The van der Waals surface area contributed by atoms with Crippen molar-refractivity contribution in [1.82, 2.24) is 0 Å². The molecule has 2 aromatic carbocycles. The number of carbonyl (C=O) groups is 1. The fourth-order valence-corrected chi connectivity index (χ4v) is 2.47. The van der Waals surface area contributed by atoms with E-state index in [0.717, 1.165) is 12.0 Å². The molecule has 0 amide bonds. The summed E-state index contributed by atoms with van der Waals surface area (Å²) in [4.78, 5) is 12.2. The van der Waals surface area contributed by atoms with Crippen LogP contribution >= 0.6 is 0 Å². The summed E-state index contributed by atoms with van der Waals surface area (Å²) in [6.45, 7) is 1.01. The maximum absolute atomic E-state index is 13.5. The van der Waals surface area contributed by atoms with Crippen LogP contribution in [0.1, 0.15) is 41.3 Å². The lowest BCUT2D eigenvalue weighted by Crippen LogP contribution is -2.20. The number of rotatable bonds is 9. The molecular formula is C22H22F4O3. The Kier molecular flexibility index (Phi) is 8.39. The van der Waals surface area contributed by atoms with Crippen molar-refractivity contribution in [3.63, 3.8) is 0 Å². The minimum atomic E-state index is -4.83. The van der Waals surface area contributed by atoms with Gasteiger partial charge in [0.25, 0.3) is 0 Å². The number of alkyl halides is 4. The second-order valence-corrected chi connectivity index (χ2v) is 6.36. The van der Waals surface area contributed by atoms with Gasteiger partial charge in [-0.3, -0.25) is 4.74 Å². The highest BCUT2D eigenvalue weighted by molar-refractivity contribution is 5.91. The molecule has 0 aliphatic rings. The monoisotopic (exact) mass is 410 g/mol. The van der Waals surface area contributed by atoms with Crippen LogP contribution < -0.4 is 4.74 Å². The number of esters is 1. The number of carbonyl (C=O) groups excluding carboxylic acids is 1. The average molecular weight is 410 g/mol. The van der Waals surface area contributed by atoms with Gasteiger partial charge in [-0.15, -0.1) is 13.2 Å². The molecule has 0 fully saturated rings. The van der Waals surface area contributed by atoms with Gasteiger partial charge in [-0.2, -0.15) is 0 Å². The van der Waals surface area contributed by atoms with Gasteiger partial charge in [0.15, 0.2) is 0 Å².